The number of rotatable bonds is 7. The van der Waals surface area contributed by atoms with Crippen molar-refractivity contribution < 1.29 is 17.9 Å². The zero-order valence-corrected chi connectivity index (χ0v) is 11.8. The van der Waals surface area contributed by atoms with Crippen molar-refractivity contribution >= 4 is 27.9 Å². The molecule has 1 N–H and O–H groups in total. The minimum Gasteiger partial charge on any atom is -0.449 e. The summed E-state index contributed by atoms with van der Waals surface area (Å²) in [5.74, 6) is 0.359. The van der Waals surface area contributed by atoms with Crippen LogP contribution >= 0.6 is 11.6 Å². The molecule has 0 radical (unpaired) electrons. The van der Waals surface area contributed by atoms with Crippen LogP contribution in [0.25, 0.3) is 0 Å². The third kappa shape index (κ3) is 6.09. The van der Waals surface area contributed by atoms with Crippen LogP contribution in [-0.4, -0.2) is 43.9 Å². The second-order valence-corrected chi connectivity index (χ2v) is 5.58. The molecule has 8 heteroatoms. The van der Waals surface area contributed by atoms with Crippen LogP contribution in [0.1, 0.15) is 27.2 Å². The van der Waals surface area contributed by atoms with Crippen LogP contribution < -0.4 is 4.72 Å². The SMILES string of the molecule is CCOC(=O)NS(=O)(=O)N(CCCCl)C(C)C. The first kappa shape index (κ1) is 16.5. The summed E-state index contributed by atoms with van der Waals surface area (Å²) in [5.41, 5.74) is 0. The fourth-order valence-electron chi connectivity index (χ4n) is 1.20. The number of hydrogen-bond donors (Lipinski definition) is 1. The van der Waals surface area contributed by atoms with Crippen molar-refractivity contribution in [1.82, 2.24) is 9.03 Å². The lowest BCUT2D eigenvalue weighted by Crippen LogP contribution is -2.47. The van der Waals surface area contributed by atoms with Crippen molar-refractivity contribution in [2.45, 2.75) is 33.2 Å². The van der Waals surface area contributed by atoms with Crippen LogP contribution in [0.3, 0.4) is 0 Å². The van der Waals surface area contributed by atoms with Gasteiger partial charge in [-0.1, -0.05) is 0 Å². The third-order valence-electron chi connectivity index (χ3n) is 1.88. The maximum Gasteiger partial charge on any atom is 0.421 e. The Bertz CT molecular complexity index is 332. The topological polar surface area (TPSA) is 75.7 Å². The molecular formula is C9H19ClN2O4S. The summed E-state index contributed by atoms with van der Waals surface area (Å²) in [4.78, 5) is 11.1. The van der Waals surface area contributed by atoms with Gasteiger partial charge in [-0.15, -0.1) is 11.6 Å². The van der Waals surface area contributed by atoms with Gasteiger partial charge in [-0.05, 0) is 27.2 Å². The first-order chi connectivity index (χ1) is 7.85. The summed E-state index contributed by atoms with van der Waals surface area (Å²) in [6, 6.07) is -0.259. The number of nitrogens with zero attached hydrogens (tertiary/aromatic N) is 1. The number of nitrogens with one attached hydrogen (secondary N) is 1. The van der Waals surface area contributed by atoms with E-state index in [1.165, 1.54) is 4.31 Å². The predicted molar refractivity (Wildman–Crippen MR) is 66.3 cm³/mol. The molecule has 17 heavy (non-hydrogen) atoms. The summed E-state index contributed by atoms with van der Waals surface area (Å²) >= 11 is 5.52. The van der Waals surface area contributed by atoms with E-state index in [0.29, 0.717) is 12.3 Å². The van der Waals surface area contributed by atoms with Crippen LogP contribution in [0.5, 0.6) is 0 Å². The van der Waals surface area contributed by atoms with E-state index in [9.17, 15) is 13.2 Å². The van der Waals surface area contributed by atoms with Crippen LogP contribution in [0.4, 0.5) is 4.79 Å². The highest BCUT2D eigenvalue weighted by Crippen LogP contribution is 2.07. The molecule has 0 heterocycles. The molecule has 6 nitrogen and oxygen atoms in total. The minimum atomic E-state index is -3.87. The van der Waals surface area contributed by atoms with Crippen LogP contribution in [-0.2, 0) is 14.9 Å². The van der Waals surface area contributed by atoms with Crippen LogP contribution in [0, 0.1) is 0 Å². The molecular weight excluding hydrogens is 268 g/mol. The lowest BCUT2D eigenvalue weighted by Gasteiger charge is -2.25. The van der Waals surface area contributed by atoms with E-state index < -0.39 is 16.3 Å². The van der Waals surface area contributed by atoms with Gasteiger partial charge in [-0.25, -0.2) is 9.52 Å². The Morgan fingerprint density at radius 2 is 2.06 bits per heavy atom. The van der Waals surface area contributed by atoms with Crippen molar-refractivity contribution in [3.8, 4) is 0 Å². The highest BCUT2D eigenvalue weighted by molar-refractivity contribution is 7.87. The number of hydrogen-bond acceptors (Lipinski definition) is 4. The monoisotopic (exact) mass is 286 g/mol. The lowest BCUT2D eigenvalue weighted by atomic mass is 10.4. The van der Waals surface area contributed by atoms with E-state index in [0.717, 1.165) is 0 Å². The maximum absolute atomic E-state index is 11.8. The molecule has 0 unspecified atom stereocenters. The van der Waals surface area contributed by atoms with Gasteiger partial charge in [0.2, 0.25) is 0 Å². The van der Waals surface area contributed by atoms with Gasteiger partial charge in [0.15, 0.2) is 0 Å². The standard InChI is InChI=1S/C9H19ClN2O4S/c1-4-16-9(13)11-17(14,15)12(8(2)3)7-5-6-10/h8H,4-7H2,1-3H3,(H,11,13). The first-order valence-corrected chi connectivity index (χ1v) is 7.35. The lowest BCUT2D eigenvalue weighted by molar-refractivity contribution is 0.157. The third-order valence-corrected chi connectivity index (χ3v) is 3.80. The number of carbonyl (C=O) groups is 1. The minimum absolute atomic E-state index is 0.116. The Kier molecular flexibility index (Phi) is 7.49. The van der Waals surface area contributed by atoms with Crippen molar-refractivity contribution in [2.75, 3.05) is 19.0 Å². The molecule has 0 saturated carbocycles. The van der Waals surface area contributed by atoms with Crippen LogP contribution in [0.2, 0.25) is 0 Å². The summed E-state index contributed by atoms with van der Waals surface area (Å²) in [7, 11) is -3.87. The summed E-state index contributed by atoms with van der Waals surface area (Å²) in [6.45, 7) is 5.41. The number of ether oxygens (including phenoxy) is 1. The smallest absolute Gasteiger partial charge is 0.421 e. The van der Waals surface area contributed by atoms with E-state index in [4.69, 9.17) is 11.6 Å². The fourth-order valence-corrected chi connectivity index (χ4v) is 2.63. The largest absolute Gasteiger partial charge is 0.449 e. The molecule has 0 aliphatic rings. The van der Waals surface area contributed by atoms with E-state index in [-0.39, 0.29) is 19.2 Å². The maximum atomic E-state index is 11.8. The molecule has 1 amide bonds. The zero-order valence-electron chi connectivity index (χ0n) is 10.3. The molecule has 0 aromatic carbocycles. The number of carbonyl (C=O) groups excluding carboxylic acids is 1. The summed E-state index contributed by atoms with van der Waals surface area (Å²) < 4.78 is 31.2. The molecule has 0 aromatic rings. The number of alkyl halides is 1. The van der Waals surface area contributed by atoms with E-state index in [1.807, 2.05) is 4.72 Å². The quantitative estimate of drug-likeness (QED) is 0.716. The zero-order chi connectivity index (χ0) is 13.5. The van der Waals surface area contributed by atoms with Crippen molar-refractivity contribution in [1.29, 1.82) is 0 Å². The Balaban J connectivity index is 4.66. The highest BCUT2D eigenvalue weighted by Gasteiger charge is 2.26. The molecule has 0 bridgehead atoms. The molecule has 0 aliphatic carbocycles. The number of amides is 1. The van der Waals surface area contributed by atoms with E-state index >= 15 is 0 Å². The van der Waals surface area contributed by atoms with Crippen molar-refractivity contribution in [3.05, 3.63) is 0 Å². The molecule has 0 atom stereocenters. The molecule has 0 fully saturated rings. The molecule has 0 saturated heterocycles. The Labute approximate surface area is 107 Å². The second-order valence-electron chi connectivity index (χ2n) is 3.57. The van der Waals surface area contributed by atoms with Crippen molar-refractivity contribution in [2.24, 2.45) is 0 Å². The Morgan fingerprint density at radius 1 is 1.47 bits per heavy atom. The second kappa shape index (κ2) is 7.73. The molecule has 0 rings (SSSR count). The van der Waals surface area contributed by atoms with Gasteiger partial charge >= 0.3 is 16.3 Å². The fraction of sp³-hybridized carbons (Fsp3) is 0.889. The van der Waals surface area contributed by atoms with Gasteiger partial charge in [-0.3, -0.25) is 0 Å². The van der Waals surface area contributed by atoms with Gasteiger partial charge in [0.05, 0.1) is 6.61 Å². The normalized spacial score (nSPS) is 11.9. The molecule has 102 valence electrons. The summed E-state index contributed by atoms with van der Waals surface area (Å²) in [5, 5.41) is 0. The van der Waals surface area contributed by atoms with Gasteiger partial charge < -0.3 is 4.74 Å². The number of halogens is 1. The van der Waals surface area contributed by atoms with E-state index in [2.05, 4.69) is 4.74 Å². The molecule has 0 aromatic heterocycles. The first-order valence-electron chi connectivity index (χ1n) is 5.37. The predicted octanol–water partition coefficient (Wildman–Crippen LogP) is 1.32. The van der Waals surface area contributed by atoms with Gasteiger partial charge in [0.1, 0.15) is 0 Å². The van der Waals surface area contributed by atoms with Gasteiger partial charge in [0.25, 0.3) is 0 Å². The van der Waals surface area contributed by atoms with E-state index in [1.54, 1.807) is 20.8 Å². The Hall–Kier alpha value is -0.530. The van der Waals surface area contributed by atoms with Gasteiger partial charge in [0, 0.05) is 18.5 Å². The summed E-state index contributed by atoms with van der Waals surface area (Å²) in [6.07, 6.45) is -0.451. The average molecular weight is 287 g/mol. The highest BCUT2D eigenvalue weighted by atomic mass is 35.5. The van der Waals surface area contributed by atoms with Gasteiger partial charge in [-0.2, -0.15) is 12.7 Å². The molecule has 0 spiro atoms. The van der Waals surface area contributed by atoms with Crippen molar-refractivity contribution in [3.63, 3.8) is 0 Å². The molecule has 0 aliphatic heterocycles. The van der Waals surface area contributed by atoms with Crippen LogP contribution in [0.15, 0.2) is 0 Å². The average Bonchev–Trinajstić information content (AvgIpc) is 2.16. The Morgan fingerprint density at radius 3 is 2.47 bits per heavy atom.